The van der Waals surface area contributed by atoms with Crippen molar-refractivity contribution in [1.82, 2.24) is 25.5 Å². The van der Waals surface area contributed by atoms with E-state index < -0.39 is 30.0 Å². The van der Waals surface area contributed by atoms with Gasteiger partial charge in [-0.2, -0.15) is 0 Å². The Morgan fingerprint density at radius 3 is 2.14 bits per heavy atom. The molecular formula is C39H40FN5O5. The summed E-state index contributed by atoms with van der Waals surface area (Å²) in [6.45, 7) is 0.584. The molecule has 0 aliphatic heterocycles. The van der Waals surface area contributed by atoms with Crippen LogP contribution in [0, 0.1) is 5.82 Å². The van der Waals surface area contributed by atoms with Gasteiger partial charge >= 0.3 is 6.09 Å². The van der Waals surface area contributed by atoms with Crippen LogP contribution in [-0.2, 0) is 46.8 Å². The first kappa shape index (κ1) is 35.3. The molecular weight excluding hydrogens is 637 g/mol. The van der Waals surface area contributed by atoms with Crippen LogP contribution < -0.4 is 15.4 Å². The van der Waals surface area contributed by atoms with Gasteiger partial charge in [0.25, 0.3) is 0 Å². The number of rotatable bonds is 16. The van der Waals surface area contributed by atoms with Gasteiger partial charge in [0, 0.05) is 38.3 Å². The lowest BCUT2D eigenvalue weighted by Gasteiger charge is -2.31. The number of halogens is 1. The summed E-state index contributed by atoms with van der Waals surface area (Å²) in [6.07, 6.45) is 2.78. The lowest BCUT2D eigenvalue weighted by Crippen LogP contribution is -2.56. The van der Waals surface area contributed by atoms with Crippen LogP contribution in [0.4, 0.5) is 9.18 Å². The highest BCUT2D eigenvalue weighted by atomic mass is 19.1. The number of hydrogen-bond donors (Lipinski definition) is 3. The molecule has 11 heteroatoms. The molecule has 3 N–H and O–H groups in total. The molecule has 10 nitrogen and oxygen atoms in total. The third-order valence-electron chi connectivity index (χ3n) is 8.15. The molecule has 258 valence electrons. The van der Waals surface area contributed by atoms with E-state index >= 15 is 0 Å². The van der Waals surface area contributed by atoms with Crippen LogP contribution in [0.15, 0.2) is 122 Å². The molecule has 0 unspecified atom stereocenters. The molecule has 50 heavy (non-hydrogen) atoms. The number of alkyl carbamates (subject to hydrolysis) is 1. The second-order valence-corrected chi connectivity index (χ2v) is 11.8. The number of amides is 3. The van der Waals surface area contributed by atoms with E-state index in [1.807, 2.05) is 84.9 Å². The highest BCUT2D eigenvalue weighted by Gasteiger charge is 2.33. The second-order valence-electron chi connectivity index (χ2n) is 11.8. The average Bonchev–Trinajstić information content (AvgIpc) is 3.66. The summed E-state index contributed by atoms with van der Waals surface area (Å²) >= 11 is 0. The second kappa shape index (κ2) is 18.0. The number of hydrogen-bond acceptors (Lipinski definition) is 6. The topological polar surface area (TPSA) is 126 Å². The van der Waals surface area contributed by atoms with E-state index in [1.54, 1.807) is 24.4 Å². The van der Waals surface area contributed by atoms with E-state index in [0.29, 0.717) is 23.6 Å². The molecule has 2 atom stereocenters. The molecule has 0 radical (unpaired) electrons. The minimum Gasteiger partial charge on any atom is -0.489 e. The van der Waals surface area contributed by atoms with Crippen LogP contribution >= 0.6 is 0 Å². The van der Waals surface area contributed by atoms with Crippen LogP contribution in [0.1, 0.15) is 27.9 Å². The Morgan fingerprint density at radius 1 is 0.820 bits per heavy atom. The largest absolute Gasteiger partial charge is 0.489 e. The van der Waals surface area contributed by atoms with Gasteiger partial charge in [-0.3, -0.25) is 9.59 Å². The Morgan fingerprint density at radius 2 is 1.48 bits per heavy atom. The van der Waals surface area contributed by atoms with Gasteiger partial charge in [-0.1, -0.05) is 91.0 Å². The summed E-state index contributed by atoms with van der Waals surface area (Å²) < 4.78 is 25.6. The smallest absolute Gasteiger partial charge is 0.408 e. The van der Waals surface area contributed by atoms with E-state index in [4.69, 9.17) is 9.47 Å². The number of carbonyl (C=O) groups excluding carboxylic acids is 3. The minimum absolute atomic E-state index is 0.0194. The first-order chi connectivity index (χ1) is 24.4. The fourth-order valence-corrected chi connectivity index (χ4v) is 5.35. The standard InChI is InChI=1S/C39H40FN5O5/c1-45(38(47)35(23-32-24-41-27-43-32)44-39(48)50-26-30-12-6-3-7-13-30)36(37(46)42-21-20-31-14-8-9-15-34(31)40)22-28-16-18-33(19-17-28)49-25-29-10-4-2-5-11-29/h2-19,24,27,35-36H,20-23,25-26H2,1H3,(H,41,43)(H,42,46)(H,44,48)/t35-,36-/m0/s1. The van der Waals surface area contributed by atoms with Crippen molar-refractivity contribution in [2.45, 2.75) is 44.6 Å². The number of benzene rings is 4. The molecule has 0 spiro atoms. The van der Waals surface area contributed by atoms with E-state index in [9.17, 15) is 18.8 Å². The van der Waals surface area contributed by atoms with E-state index in [0.717, 1.165) is 16.7 Å². The molecule has 1 heterocycles. The predicted octanol–water partition coefficient (Wildman–Crippen LogP) is 5.39. The molecule has 0 aliphatic carbocycles. The van der Waals surface area contributed by atoms with Crippen molar-refractivity contribution in [2.24, 2.45) is 0 Å². The first-order valence-electron chi connectivity index (χ1n) is 16.3. The van der Waals surface area contributed by atoms with Crippen molar-refractivity contribution in [3.05, 3.63) is 155 Å². The van der Waals surface area contributed by atoms with Crippen molar-refractivity contribution in [3.63, 3.8) is 0 Å². The van der Waals surface area contributed by atoms with Crippen LogP contribution in [0.2, 0.25) is 0 Å². The maximum atomic E-state index is 14.3. The summed E-state index contributed by atoms with van der Waals surface area (Å²) in [6, 6.07) is 30.7. The van der Waals surface area contributed by atoms with E-state index in [-0.39, 0.29) is 38.2 Å². The van der Waals surface area contributed by atoms with Crippen LogP contribution in [0.25, 0.3) is 0 Å². The van der Waals surface area contributed by atoms with Gasteiger partial charge < -0.3 is 30.0 Å². The van der Waals surface area contributed by atoms with Gasteiger partial charge in [0.15, 0.2) is 0 Å². The zero-order valence-electron chi connectivity index (χ0n) is 27.8. The number of nitrogens with one attached hydrogen (secondary N) is 3. The summed E-state index contributed by atoms with van der Waals surface area (Å²) in [5.41, 5.74) is 3.69. The van der Waals surface area contributed by atoms with Crippen LogP contribution in [0.5, 0.6) is 5.75 Å². The van der Waals surface area contributed by atoms with Crippen LogP contribution in [-0.4, -0.2) is 58.5 Å². The maximum Gasteiger partial charge on any atom is 0.408 e. The van der Waals surface area contributed by atoms with Gasteiger partial charge in [0.1, 0.15) is 36.9 Å². The van der Waals surface area contributed by atoms with Crippen molar-refractivity contribution < 1.29 is 28.2 Å². The molecule has 1 aromatic heterocycles. The van der Waals surface area contributed by atoms with Gasteiger partial charge in [0.2, 0.25) is 11.8 Å². The number of aromatic nitrogens is 2. The highest BCUT2D eigenvalue weighted by Crippen LogP contribution is 2.18. The molecule has 0 saturated heterocycles. The molecule has 3 amide bonds. The Balaban J connectivity index is 1.30. The molecule has 0 saturated carbocycles. The van der Waals surface area contributed by atoms with Gasteiger partial charge in [-0.15, -0.1) is 0 Å². The van der Waals surface area contributed by atoms with Crippen molar-refractivity contribution in [1.29, 1.82) is 0 Å². The quantitative estimate of drug-likeness (QED) is 0.129. The molecule has 5 rings (SSSR count). The predicted molar refractivity (Wildman–Crippen MR) is 186 cm³/mol. The third kappa shape index (κ3) is 10.5. The number of likely N-dealkylation sites (N-methyl/N-ethyl adjacent to an activating group) is 1. The average molecular weight is 678 g/mol. The number of aromatic amines is 1. The first-order valence-corrected chi connectivity index (χ1v) is 16.3. The highest BCUT2D eigenvalue weighted by molar-refractivity contribution is 5.91. The number of carbonyl (C=O) groups is 3. The summed E-state index contributed by atoms with van der Waals surface area (Å²) in [7, 11) is 1.53. The van der Waals surface area contributed by atoms with Crippen molar-refractivity contribution in [3.8, 4) is 5.75 Å². The fourth-order valence-electron chi connectivity index (χ4n) is 5.35. The van der Waals surface area contributed by atoms with Crippen molar-refractivity contribution >= 4 is 17.9 Å². The molecule has 5 aromatic rings. The maximum absolute atomic E-state index is 14.3. The Hall–Kier alpha value is -5.97. The van der Waals surface area contributed by atoms with Gasteiger partial charge in [-0.25, -0.2) is 14.2 Å². The lowest BCUT2D eigenvalue weighted by molar-refractivity contribution is -0.140. The minimum atomic E-state index is -1.08. The number of H-pyrrole nitrogens is 1. The molecule has 0 bridgehead atoms. The number of nitrogens with zero attached hydrogens (tertiary/aromatic N) is 2. The van der Waals surface area contributed by atoms with Gasteiger partial charge in [0.05, 0.1) is 6.33 Å². The zero-order chi connectivity index (χ0) is 35.1. The van der Waals surface area contributed by atoms with Gasteiger partial charge in [-0.05, 0) is 46.9 Å². The third-order valence-corrected chi connectivity index (χ3v) is 8.15. The normalized spacial score (nSPS) is 12.0. The lowest BCUT2D eigenvalue weighted by atomic mass is 10.0. The Labute approximate surface area is 290 Å². The summed E-state index contributed by atoms with van der Waals surface area (Å²) in [5, 5.41) is 5.56. The number of imidazole rings is 1. The zero-order valence-corrected chi connectivity index (χ0v) is 27.8. The van der Waals surface area contributed by atoms with Crippen molar-refractivity contribution in [2.75, 3.05) is 13.6 Å². The molecule has 4 aromatic carbocycles. The molecule has 0 aliphatic rings. The van der Waals surface area contributed by atoms with E-state index in [1.165, 1.54) is 24.3 Å². The Kier molecular flexibility index (Phi) is 12.7. The fraction of sp³-hybridized carbons (Fsp3) is 0.231. The molecule has 0 fully saturated rings. The van der Waals surface area contributed by atoms with E-state index in [2.05, 4.69) is 20.6 Å². The number of ether oxygens (including phenoxy) is 2. The summed E-state index contributed by atoms with van der Waals surface area (Å²) in [4.78, 5) is 49.1. The summed E-state index contributed by atoms with van der Waals surface area (Å²) in [5.74, 6) is -0.625. The monoisotopic (exact) mass is 677 g/mol. The SMILES string of the molecule is CN(C(=O)[C@H](Cc1cnc[nH]1)NC(=O)OCc1ccccc1)[C@@H](Cc1ccc(OCc2ccccc2)cc1)C(=O)NCCc1ccccc1F. The Bertz CT molecular complexity index is 1800. The van der Waals surface area contributed by atoms with Crippen LogP contribution in [0.3, 0.4) is 0 Å².